The lowest BCUT2D eigenvalue weighted by Gasteiger charge is -2.33. The summed E-state index contributed by atoms with van der Waals surface area (Å²) in [5, 5.41) is 0. The van der Waals surface area contributed by atoms with Crippen LogP contribution in [0.2, 0.25) is 0 Å². The zero-order valence-corrected chi connectivity index (χ0v) is 13.2. The third-order valence-electron chi connectivity index (χ3n) is 3.71. The highest BCUT2D eigenvalue weighted by Crippen LogP contribution is 2.35. The minimum Gasteiger partial charge on any atom is -0.212 e. The topological polar surface area (TPSA) is 46.2 Å². The van der Waals surface area contributed by atoms with Crippen molar-refractivity contribution in [2.75, 3.05) is 0 Å². The van der Waals surface area contributed by atoms with Crippen LogP contribution < -0.4 is 4.72 Å². The highest BCUT2D eigenvalue weighted by Gasteiger charge is 2.40. The maximum atomic E-state index is 12.3. The molecule has 18 heavy (non-hydrogen) atoms. The number of hydrogen-bond acceptors (Lipinski definition) is 2. The maximum Gasteiger partial charge on any atom is 0.217 e. The number of rotatable bonds is 5. The zero-order valence-electron chi connectivity index (χ0n) is 12.3. The standard InChI is InChI=1S/C14H27NO2S/c1-6-7-9-12-10-8-11-14(12,5)15-18(16,17)13(2,3)4/h10,15H,6-9,11H2,1-5H3. The minimum absolute atomic E-state index is 0.374. The molecule has 0 saturated heterocycles. The Labute approximate surface area is 112 Å². The second kappa shape index (κ2) is 5.33. The molecule has 0 amide bonds. The van der Waals surface area contributed by atoms with E-state index in [0.717, 1.165) is 32.1 Å². The quantitative estimate of drug-likeness (QED) is 0.781. The van der Waals surface area contributed by atoms with Crippen molar-refractivity contribution < 1.29 is 8.42 Å². The van der Waals surface area contributed by atoms with Gasteiger partial charge in [0.25, 0.3) is 0 Å². The van der Waals surface area contributed by atoms with Gasteiger partial charge in [-0.15, -0.1) is 0 Å². The average Bonchev–Trinajstić information content (AvgIpc) is 2.53. The first-order valence-electron chi connectivity index (χ1n) is 6.85. The summed E-state index contributed by atoms with van der Waals surface area (Å²) in [5.74, 6) is 0. The third-order valence-corrected chi connectivity index (χ3v) is 6.04. The van der Waals surface area contributed by atoms with E-state index in [0.29, 0.717) is 0 Å². The predicted molar refractivity (Wildman–Crippen MR) is 77.1 cm³/mol. The van der Waals surface area contributed by atoms with Crippen molar-refractivity contribution >= 4 is 10.0 Å². The Morgan fingerprint density at radius 2 is 2.00 bits per heavy atom. The van der Waals surface area contributed by atoms with Crippen molar-refractivity contribution in [3.8, 4) is 0 Å². The number of nitrogens with one attached hydrogen (secondary N) is 1. The molecular formula is C14H27NO2S. The molecule has 106 valence electrons. The third kappa shape index (κ3) is 3.35. The second-order valence-electron chi connectivity index (χ2n) is 6.42. The highest BCUT2D eigenvalue weighted by molar-refractivity contribution is 7.90. The van der Waals surface area contributed by atoms with E-state index in [1.165, 1.54) is 5.57 Å². The van der Waals surface area contributed by atoms with Crippen molar-refractivity contribution in [1.82, 2.24) is 4.72 Å². The Morgan fingerprint density at radius 3 is 2.50 bits per heavy atom. The molecule has 1 N–H and O–H groups in total. The molecule has 0 heterocycles. The molecular weight excluding hydrogens is 246 g/mol. The summed E-state index contributed by atoms with van der Waals surface area (Å²) in [6.07, 6.45) is 7.32. The van der Waals surface area contributed by atoms with Crippen LogP contribution >= 0.6 is 0 Å². The van der Waals surface area contributed by atoms with Crippen molar-refractivity contribution in [3.05, 3.63) is 11.6 Å². The van der Waals surface area contributed by atoms with E-state index in [1.54, 1.807) is 20.8 Å². The Hall–Kier alpha value is -0.350. The van der Waals surface area contributed by atoms with Crippen LogP contribution in [0.1, 0.15) is 66.7 Å². The van der Waals surface area contributed by atoms with Crippen LogP contribution in [-0.2, 0) is 10.0 Å². The Balaban J connectivity index is 2.86. The Bertz CT molecular complexity index is 418. The van der Waals surface area contributed by atoms with Gasteiger partial charge in [0.1, 0.15) is 0 Å². The molecule has 1 aliphatic carbocycles. The molecule has 3 nitrogen and oxygen atoms in total. The van der Waals surface area contributed by atoms with E-state index in [9.17, 15) is 8.42 Å². The van der Waals surface area contributed by atoms with Crippen LogP contribution in [0, 0.1) is 0 Å². The van der Waals surface area contributed by atoms with Gasteiger partial charge in [0.05, 0.1) is 10.3 Å². The molecule has 1 unspecified atom stereocenters. The van der Waals surface area contributed by atoms with Crippen LogP contribution in [0.15, 0.2) is 11.6 Å². The fraction of sp³-hybridized carbons (Fsp3) is 0.857. The summed E-state index contributed by atoms with van der Waals surface area (Å²) in [4.78, 5) is 0. The van der Waals surface area contributed by atoms with Crippen LogP contribution in [0.4, 0.5) is 0 Å². The molecule has 0 radical (unpaired) electrons. The number of allylic oxidation sites excluding steroid dienone is 1. The lowest BCUT2D eigenvalue weighted by Crippen LogP contribution is -2.51. The Kier molecular flexibility index (Phi) is 4.65. The first kappa shape index (κ1) is 15.7. The molecule has 1 rings (SSSR count). The van der Waals surface area contributed by atoms with E-state index in [4.69, 9.17) is 0 Å². The lowest BCUT2D eigenvalue weighted by atomic mass is 9.91. The molecule has 0 fully saturated rings. The molecule has 0 aromatic carbocycles. The number of sulfonamides is 1. The first-order valence-corrected chi connectivity index (χ1v) is 8.34. The van der Waals surface area contributed by atoms with E-state index < -0.39 is 14.8 Å². The van der Waals surface area contributed by atoms with Gasteiger partial charge < -0.3 is 0 Å². The van der Waals surface area contributed by atoms with Gasteiger partial charge in [0.2, 0.25) is 10.0 Å². The predicted octanol–water partition coefficient (Wildman–Crippen LogP) is 3.37. The monoisotopic (exact) mass is 273 g/mol. The summed E-state index contributed by atoms with van der Waals surface area (Å²) in [7, 11) is -3.29. The van der Waals surface area contributed by atoms with Crippen LogP contribution in [0.3, 0.4) is 0 Å². The number of unbranched alkanes of at least 4 members (excludes halogenated alkanes) is 1. The molecule has 0 aromatic rings. The fourth-order valence-electron chi connectivity index (χ4n) is 2.23. The molecule has 0 aromatic heterocycles. The molecule has 1 aliphatic rings. The van der Waals surface area contributed by atoms with Crippen molar-refractivity contribution in [2.45, 2.75) is 77.0 Å². The molecule has 4 heteroatoms. The molecule has 1 atom stereocenters. The first-order chi connectivity index (χ1) is 8.12. The van der Waals surface area contributed by atoms with Crippen LogP contribution in [-0.4, -0.2) is 18.7 Å². The van der Waals surface area contributed by atoms with Gasteiger partial charge in [0, 0.05) is 0 Å². The van der Waals surface area contributed by atoms with Crippen molar-refractivity contribution in [3.63, 3.8) is 0 Å². The van der Waals surface area contributed by atoms with Gasteiger partial charge in [-0.2, -0.15) is 0 Å². The van der Waals surface area contributed by atoms with Gasteiger partial charge in [-0.3, -0.25) is 0 Å². The Morgan fingerprint density at radius 1 is 1.39 bits per heavy atom. The smallest absolute Gasteiger partial charge is 0.212 e. The number of hydrogen-bond donors (Lipinski definition) is 1. The van der Waals surface area contributed by atoms with E-state index >= 15 is 0 Å². The summed E-state index contributed by atoms with van der Waals surface area (Å²) in [6, 6.07) is 0. The average molecular weight is 273 g/mol. The normalized spacial score (nSPS) is 25.3. The molecule has 0 saturated carbocycles. The lowest BCUT2D eigenvalue weighted by molar-refractivity contribution is 0.446. The molecule has 0 aliphatic heterocycles. The molecule has 0 spiro atoms. The van der Waals surface area contributed by atoms with E-state index in [-0.39, 0.29) is 5.54 Å². The van der Waals surface area contributed by atoms with Crippen LogP contribution in [0.25, 0.3) is 0 Å². The van der Waals surface area contributed by atoms with E-state index in [2.05, 4.69) is 17.7 Å². The largest absolute Gasteiger partial charge is 0.217 e. The fourth-order valence-corrected chi connectivity index (χ4v) is 3.36. The maximum absolute atomic E-state index is 12.3. The summed E-state index contributed by atoms with van der Waals surface area (Å²) >= 11 is 0. The summed E-state index contributed by atoms with van der Waals surface area (Å²) in [5.41, 5.74) is 0.888. The summed E-state index contributed by atoms with van der Waals surface area (Å²) < 4.78 is 26.8. The SMILES string of the molecule is CCCCC1=CCCC1(C)NS(=O)(=O)C(C)(C)C. The van der Waals surface area contributed by atoms with Crippen LogP contribution in [0.5, 0.6) is 0 Å². The van der Waals surface area contributed by atoms with Crippen molar-refractivity contribution in [2.24, 2.45) is 0 Å². The highest BCUT2D eigenvalue weighted by atomic mass is 32.2. The van der Waals surface area contributed by atoms with Gasteiger partial charge >= 0.3 is 0 Å². The second-order valence-corrected chi connectivity index (χ2v) is 8.86. The zero-order chi connectivity index (χ0) is 14.0. The molecule has 0 bridgehead atoms. The van der Waals surface area contributed by atoms with Gasteiger partial charge in [0.15, 0.2) is 0 Å². The van der Waals surface area contributed by atoms with Gasteiger partial charge in [-0.05, 0) is 53.4 Å². The summed E-state index contributed by atoms with van der Waals surface area (Å²) in [6.45, 7) is 9.40. The van der Waals surface area contributed by atoms with Gasteiger partial charge in [-0.25, -0.2) is 13.1 Å². The van der Waals surface area contributed by atoms with E-state index in [1.807, 2.05) is 6.92 Å². The minimum atomic E-state index is -3.29. The van der Waals surface area contributed by atoms with Crippen molar-refractivity contribution in [1.29, 1.82) is 0 Å². The van der Waals surface area contributed by atoms with Gasteiger partial charge in [-0.1, -0.05) is 25.0 Å².